The Morgan fingerprint density at radius 1 is 1.53 bits per heavy atom. The van der Waals surface area contributed by atoms with Gasteiger partial charge in [-0.25, -0.2) is 8.42 Å². The van der Waals surface area contributed by atoms with Crippen LogP contribution < -0.4 is 5.73 Å². The molecule has 1 aromatic carbocycles. The fourth-order valence-corrected chi connectivity index (χ4v) is 4.05. The summed E-state index contributed by atoms with van der Waals surface area (Å²) >= 11 is 0. The van der Waals surface area contributed by atoms with Crippen LogP contribution >= 0.6 is 0 Å². The van der Waals surface area contributed by atoms with Crippen LogP contribution in [0.1, 0.15) is 12.5 Å². The van der Waals surface area contributed by atoms with Crippen molar-refractivity contribution in [2.75, 3.05) is 0 Å². The van der Waals surface area contributed by atoms with E-state index in [-0.39, 0.29) is 10.6 Å². The van der Waals surface area contributed by atoms with Crippen molar-refractivity contribution in [3.8, 4) is 5.75 Å². The van der Waals surface area contributed by atoms with Crippen LogP contribution in [0.2, 0.25) is 0 Å². The molecule has 5 heteroatoms. The van der Waals surface area contributed by atoms with Crippen molar-refractivity contribution in [3.05, 3.63) is 23.8 Å². The van der Waals surface area contributed by atoms with Gasteiger partial charge in [-0.05, 0) is 25.5 Å². The number of sulfone groups is 1. The second-order valence-corrected chi connectivity index (χ2v) is 6.04. The standard InChI is InChI=1S/C10H13NO3S/c1-6(11)10-5-7-8(12)3-2-4-9(7)15(10,13)14/h2-4,6,10,12H,5,11H2,1H3. The third kappa shape index (κ3) is 1.42. The summed E-state index contributed by atoms with van der Waals surface area (Å²) in [5.74, 6) is 0.0409. The molecule has 1 aromatic rings. The van der Waals surface area contributed by atoms with Gasteiger partial charge in [0.25, 0.3) is 0 Å². The Bertz CT molecular complexity index is 493. The number of phenols is 1. The first-order chi connectivity index (χ1) is 6.94. The minimum Gasteiger partial charge on any atom is -0.508 e. The summed E-state index contributed by atoms with van der Waals surface area (Å²) in [6, 6.07) is 4.13. The average molecular weight is 227 g/mol. The number of hydrogen-bond acceptors (Lipinski definition) is 4. The highest BCUT2D eigenvalue weighted by molar-refractivity contribution is 7.92. The van der Waals surface area contributed by atoms with Crippen LogP contribution in [0.5, 0.6) is 5.75 Å². The summed E-state index contributed by atoms with van der Waals surface area (Å²) in [6.07, 6.45) is 0.308. The van der Waals surface area contributed by atoms with Crippen molar-refractivity contribution in [1.82, 2.24) is 0 Å². The predicted molar refractivity (Wildman–Crippen MR) is 56.4 cm³/mol. The first-order valence-corrected chi connectivity index (χ1v) is 6.29. The molecule has 0 saturated heterocycles. The van der Waals surface area contributed by atoms with E-state index >= 15 is 0 Å². The zero-order valence-electron chi connectivity index (χ0n) is 8.34. The first kappa shape index (κ1) is 10.4. The maximum absolute atomic E-state index is 12.0. The number of phenolic OH excluding ortho intramolecular Hbond substituents is 1. The number of hydrogen-bond donors (Lipinski definition) is 2. The molecule has 0 amide bonds. The number of rotatable bonds is 1. The molecule has 15 heavy (non-hydrogen) atoms. The van der Waals surface area contributed by atoms with Gasteiger partial charge < -0.3 is 10.8 Å². The number of aromatic hydroxyl groups is 1. The molecular weight excluding hydrogens is 214 g/mol. The Morgan fingerprint density at radius 2 is 2.20 bits per heavy atom. The van der Waals surface area contributed by atoms with Crippen molar-refractivity contribution in [2.45, 2.75) is 29.5 Å². The van der Waals surface area contributed by atoms with Crippen molar-refractivity contribution >= 4 is 9.84 Å². The van der Waals surface area contributed by atoms with Crippen LogP contribution in [0.3, 0.4) is 0 Å². The van der Waals surface area contributed by atoms with Gasteiger partial charge >= 0.3 is 0 Å². The normalized spacial score (nSPS) is 24.8. The van der Waals surface area contributed by atoms with E-state index in [1.165, 1.54) is 18.2 Å². The third-order valence-corrected chi connectivity index (χ3v) is 5.19. The molecule has 4 nitrogen and oxygen atoms in total. The summed E-state index contributed by atoms with van der Waals surface area (Å²) in [6.45, 7) is 1.67. The Kier molecular flexibility index (Phi) is 2.24. The molecule has 2 rings (SSSR count). The van der Waals surface area contributed by atoms with Crippen molar-refractivity contribution in [3.63, 3.8) is 0 Å². The van der Waals surface area contributed by atoms with Crippen LogP contribution in [0.4, 0.5) is 0 Å². The number of nitrogens with two attached hydrogens (primary N) is 1. The van der Waals surface area contributed by atoms with Crippen LogP contribution in [0, 0.1) is 0 Å². The molecule has 0 aromatic heterocycles. The second kappa shape index (κ2) is 3.21. The molecule has 0 aliphatic carbocycles. The van der Waals surface area contributed by atoms with Crippen LogP contribution in [-0.2, 0) is 16.3 Å². The van der Waals surface area contributed by atoms with E-state index in [4.69, 9.17) is 5.73 Å². The molecule has 1 aliphatic rings. The molecule has 2 atom stereocenters. The monoisotopic (exact) mass is 227 g/mol. The predicted octanol–water partition coefficient (Wildman–Crippen LogP) is 0.438. The van der Waals surface area contributed by atoms with Crippen LogP contribution in [-0.4, -0.2) is 24.8 Å². The lowest BCUT2D eigenvalue weighted by atomic mass is 10.1. The van der Waals surface area contributed by atoms with E-state index in [1.807, 2.05) is 0 Å². The van der Waals surface area contributed by atoms with E-state index in [0.717, 1.165) is 0 Å². The maximum atomic E-state index is 12.0. The molecule has 2 unspecified atom stereocenters. The van der Waals surface area contributed by atoms with Crippen LogP contribution in [0.15, 0.2) is 23.1 Å². The Morgan fingerprint density at radius 3 is 2.73 bits per heavy atom. The lowest BCUT2D eigenvalue weighted by Gasteiger charge is -2.12. The van der Waals surface area contributed by atoms with E-state index in [0.29, 0.717) is 12.0 Å². The molecule has 82 valence electrons. The Labute approximate surface area is 88.6 Å². The van der Waals surface area contributed by atoms with E-state index in [9.17, 15) is 13.5 Å². The van der Waals surface area contributed by atoms with Gasteiger partial charge in [-0.15, -0.1) is 0 Å². The lowest BCUT2D eigenvalue weighted by Crippen LogP contribution is -2.36. The quantitative estimate of drug-likeness (QED) is 0.729. The second-order valence-electron chi connectivity index (χ2n) is 3.90. The molecule has 0 spiro atoms. The minimum atomic E-state index is -3.35. The molecule has 3 N–H and O–H groups in total. The fraction of sp³-hybridized carbons (Fsp3) is 0.400. The fourth-order valence-electron chi connectivity index (χ4n) is 1.97. The lowest BCUT2D eigenvalue weighted by molar-refractivity contribution is 0.465. The Balaban J connectivity index is 2.62. The Hall–Kier alpha value is -1.07. The summed E-state index contributed by atoms with van der Waals surface area (Å²) < 4.78 is 24.0. The molecule has 0 radical (unpaired) electrons. The molecule has 1 heterocycles. The molecule has 0 saturated carbocycles. The maximum Gasteiger partial charge on any atom is 0.183 e. The van der Waals surface area contributed by atoms with Gasteiger partial charge in [0.05, 0.1) is 10.1 Å². The van der Waals surface area contributed by atoms with Gasteiger partial charge in [-0.2, -0.15) is 0 Å². The molecule has 0 bridgehead atoms. The van der Waals surface area contributed by atoms with Gasteiger partial charge in [-0.1, -0.05) is 6.07 Å². The summed E-state index contributed by atoms with van der Waals surface area (Å²) in [7, 11) is -3.35. The topological polar surface area (TPSA) is 80.4 Å². The zero-order chi connectivity index (χ0) is 11.2. The van der Waals surface area contributed by atoms with Crippen molar-refractivity contribution < 1.29 is 13.5 Å². The third-order valence-electron chi connectivity index (χ3n) is 2.81. The smallest absolute Gasteiger partial charge is 0.183 e. The highest BCUT2D eigenvalue weighted by Gasteiger charge is 2.40. The average Bonchev–Trinajstić information content (AvgIpc) is 2.40. The number of benzene rings is 1. The highest BCUT2D eigenvalue weighted by Crippen LogP contribution is 2.37. The minimum absolute atomic E-state index is 0.0409. The van der Waals surface area contributed by atoms with Crippen molar-refractivity contribution in [1.29, 1.82) is 0 Å². The van der Waals surface area contributed by atoms with Crippen LogP contribution in [0.25, 0.3) is 0 Å². The largest absolute Gasteiger partial charge is 0.508 e. The van der Waals surface area contributed by atoms with E-state index < -0.39 is 21.1 Å². The molecule has 1 aliphatic heterocycles. The summed E-state index contributed by atoms with van der Waals surface area (Å²) in [4.78, 5) is 0.227. The van der Waals surface area contributed by atoms with Crippen molar-refractivity contribution in [2.24, 2.45) is 5.73 Å². The van der Waals surface area contributed by atoms with Gasteiger partial charge in [0.1, 0.15) is 5.75 Å². The molecular formula is C10H13NO3S. The van der Waals surface area contributed by atoms with Gasteiger partial charge in [-0.3, -0.25) is 0 Å². The highest BCUT2D eigenvalue weighted by atomic mass is 32.2. The summed E-state index contributed by atoms with van der Waals surface area (Å²) in [5.41, 5.74) is 6.14. The molecule has 0 fully saturated rings. The SMILES string of the molecule is CC(N)C1Cc2c(O)cccc2S1(=O)=O. The summed E-state index contributed by atoms with van der Waals surface area (Å²) in [5, 5.41) is 8.95. The zero-order valence-corrected chi connectivity index (χ0v) is 9.16. The number of fused-ring (bicyclic) bond motifs is 1. The van der Waals surface area contributed by atoms with Gasteiger partial charge in [0, 0.05) is 11.6 Å². The van der Waals surface area contributed by atoms with E-state index in [2.05, 4.69) is 0 Å². The first-order valence-electron chi connectivity index (χ1n) is 4.75. The van der Waals surface area contributed by atoms with E-state index in [1.54, 1.807) is 6.92 Å². The van der Waals surface area contributed by atoms with Gasteiger partial charge in [0.15, 0.2) is 9.84 Å². The van der Waals surface area contributed by atoms with Gasteiger partial charge in [0.2, 0.25) is 0 Å².